The minimum atomic E-state index is -0.842. The average Bonchev–Trinajstić information content (AvgIpc) is 2.96. The van der Waals surface area contributed by atoms with Crippen LogP contribution in [0.1, 0.15) is 163 Å². The maximum absolute atomic E-state index is 13.8. The van der Waals surface area contributed by atoms with Crippen molar-refractivity contribution in [3.63, 3.8) is 0 Å². The number of unbranched alkanes of at least 4 members (excludes halogenated alkanes) is 12. The van der Waals surface area contributed by atoms with Gasteiger partial charge >= 0.3 is 11.9 Å². The molecule has 1 aromatic carbocycles. The van der Waals surface area contributed by atoms with Crippen molar-refractivity contribution in [3.05, 3.63) is 39.7 Å². The summed E-state index contributed by atoms with van der Waals surface area (Å²) in [4.78, 5) is 27.6. The monoisotopic (exact) mass is 655 g/mol. The predicted octanol–water partition coefficient (Wildman–Crippen LogP) is 9.41. The van der Waals surface area contributed by atoms with E-state index in [0.29, 0.717) is 51.6 Å². The fourth-order valence-electron chi connectivity index (χ4n) is 6.42. The lowest BCUT2D eigenvalue weighted by atomic mass is 9.76. The van der Waals surface area contributed by atoms with E-state index in [2.05, 4.69) is 12.2 Å². The topological polar surface area (TPSA) is 126 Å². The molecule has 266 valence electrons. The van der Waals surface area contributed by atoms with Crippen LogP contribution in [-0.2, 0) is 25.5 Å². The van der Waals surface area contributed by atoms with Crippen molar-refractivity contribution in [2.75, 3.05) is 11.5 Å². The van der Waals surface area contributed by atoms with Gasteiger partial charge < -0.3 is 31.0 Å². The molecule has 0 fully saturated rings. The fraction of sp³-hybridized carbons (Fsp3) is 0.692. The second kappa shape index (κ2) is 20.3. The molecule has 2 rings (SSSR count). The van der Waals surface area contributed by atoms with Gasteiger partial charge in [0.2, 0.25) is 0 Å². The van der Waals surface area contributed by atoms with E-state index in [-0.39, 0.29) is 18.3 Å². The summed E-state index contributed by atoms with van der Waals surface area (Å²) in [6, 6.07) is 1.74. The molecular formula is C39H65N3O5. The fourth-order valence-corrected chi connectivity index (χ4v) is 6.42. The van der Waals surface area contributed by atoms with Gasteiger partial charge in [0.25, 0.3) is 0 Å². The first-order chi connectivity index (χ1) is 22.3. The molecule has 47 heavy (non-hydrogen) atoms. The molecule has 0 saturated heterocycles. The van der Waals surface area contributed by atoms with Crippen LogP contribution in [0.2, 0.25) is 0 Å². The molecule has 0 aromatic heterocycles. The standard InChI is InChI=1S/C39H65N3O5/c1-10-11-12-13-14-15-16-17-18-19-20-21-22-23-30-31(40)24-32(41)37(45-25(2)3)35(30)36-33(38(43)46-26(4)5)28(8)42-29(9)34(36)39(44)47-27(6)7/h24-27,36,42H,10-23,40-41H2,1-9H3. The summed E-state index contributed by atoms with van der Waals surface area (Å²) < 4.78 is 17.9. The lowest BCUT2D eigenvalue weighted by Gasteiger charge is -2.34. The van der Waals surface area contributed by atoms with Gasteiger partial charge in [-0.15, -0.1) is 0 Å². The summed E-state index contributed by atoms with van der Waals surface area (Å²) in [5.41, 5.74) is 17.6. The molecule has 8 heteroatoms. The van der Waals surface area contributed by atoms with Crippen LogP contribution in [0.25, 0.3) is 0 Å². The molecule has 5 N–H and O–H groups in total. The normalized spacial score (nSPS) is 14.0. The van der Waals surface area contributed by atoms with Crippen LogP contribution in [0.5, 0.6) is 5.75 Å². The zero-order valence-electron chi connectivity index (χ0n) is 31.0. The zero-order chi connectivity index (χ0) is 35.1. The summed E-state index contributed by atoms with van der Waals surface area (Å²) in [6.45, 7) is 17.0. The van der Waals surface area contributed by atoms with Crippen molar-refractivity contribution in [2.24, 2.45) is 0 Å². The van der Waals surface area contributed by atoms with Crippen LogP contribution in [-0.4, -0.2) is 30.3 Å². The molecule has 0 unspecified atom stereocenters. The van der Waals surface area contributed by atoms with E-state index in [1.807, 2.05) is 27.7 Å². The molecule has 0 aliphatic carbocycles. The van der Waals surface area contributed by atoms with Crippen LogP contribution in [0, 0.1) is 0 Å². The van der Waals surface area contributed by atoms with Gasteiger partial charge in [-0.1, -0.05) is 84.0 Å². The number of nitrogen functional groups attached to an aromatic ring is 2. The van der Waals surface area contributed by atoms with E-state index in [1.165, 1.54) is 64.2 Å². The van der Waals surface area contributed by atoms with Crippen LogP contribution in [0.3, 0.4) is 0 Å². The minimum Gasteiger partial charge on any atom is -0.489 e. The summed E-state index contributed by atoms with van der Waals surface area (Å²) in [6.07, 6.45) is 16.1. The average molecular weight is 656 g/mol. The van der Waals surface area contributed by atoms with Gasteiger partial charge in [0.1, 0.15) is 5.75 Å². The Morgan fingerprint density at radius 2 is 1.11 bits per heavy atom. The Bertz CT molecular complexity index is 1190. The van der Waals surface area contributed by atoms with Crippen molar-refractivity contribution in [1.29, 1.82) is 0 Å². The van der Waals surface area contributed by atoms with Gasteiger partial charge in [-0.2, -0.15) is 0 Å². The first-order valence-electron chi connectivity index (χ1n) is 18.3. The highest BCUT2D eigenvalue weighted by Gasteiger charge is 2.42. The summed E-state index contributed by atoms with van der Waals surface area (Å²) in [5.74, 6) is -1.43. The lowest BCUT2D eigenvalue weighted by Crippen LogP contribution is -2.34. The van der Waals surface area contributed by atoms with Crippen LogP contribution >= 0.6 is 0 Å². The second-order valence-corrected chi connectivity index (χ2v) is 14.0. The highest BCUT2D eigenvalue weighted by Crippen LogP contribution is 2.48. The summed E-state index contributed by atoms with van der Waals surface area (Å²) in [7, 11) is 0. The Hall–Kier alpha value is -3.16. The van der Waals surface area contributed by atoms with Crippen LogP contribution in [0.15, 0.2) is 28.6 Å². The Morgan fingerprint density at radius 1 is 0.681 bits per heavy atom. The lowest BCUT2D eigenvalue weighted by molar-refractivity contribution is -0.143. The van der Waals surface area contributed by atoms with Gasteiger partial charge in [-0.3, -0.25) is 0 Å². The highest BCUT2D eigenvalue weighted by atomic mass is 16.5. The number of nitrogens with one attached hydrogen (secondary N) is 1. The third-order valence-electron chi connectivity index (χ3n) is 8.55. The molecule has 0 amide bonds. The summed E-state index contributed by atoms with van der Waals surface area (Å²) >= 11 is 0. The molecule has 8 nitrogen and oxygen atoms in total. The third kappa shape index (κ3) is 12.4. The number of rotatable bonds is 21. The number of carbonyl (C=O) groups is 2. The Kier molecular flexibility index (Phi) is 17.3. The van der Waals surface area contributed by atoms with Crippen molar-refractivity contribution in [2.45, 2.75) is 176 Å². The van der Waals surface area contributed by atoms with Gasteiger partial charge in [0, 0.05) is 22.6 Å². The number of nitrogens with two attached hydrogens (primary N) is 2. The smallest absolute Gasteiger partial charge is 0.337 e. The Balaban J connectivity index is 2.42. The van der Waals surface area contributed by atoms with E-state index in [0.717, 1.165) is 24.8 Å². The SMILES string of the molecule is CCCCCCCCCCCCCCCc1c(N)cc(N)c(OC(C)C)c1C1C(C(=O)OC(C)C)=C(C)NC(C)=C1C(=O)OC(C)C. The van der Waals surface area contributed by atoms with E-state index >= 15 is 0 Å². The van der Waals surface area contributed by atoms with Gasteiger partial charge in [0.05, 0.1) is 41.1 Å². The maximum atomic E-state index is 13.8. The van der Waals surface area contributed by atoms with Gasteiger partial charge in [0.15, 0.2) is 0 Å². The number of hydrogen-bond acceptors (Lipinski definition) is 8. The first kappa shape index (κ1) is 40.0. The maximum Gasteiger partial charge on any atom is 0.337 e. The summed E-state index contributed by atoms with van der Waals surface area (Å²) in [5, 5.41) is 3.25. The number of hydrogen-bond donors (Lipinski definition) is 3. The Morgan fingerprint density at radius 3 is 1.51 bits per heavy atom. The molecule has 1 aromatic rings. The van der Waals surface area contributed by atoms with Crippen molar-refractivity contribution < 1.29 is 23.8 Å². The highest BCUT2D eigenvalue weighted by molar-refractivity contribution is 6.01. The number of ether oxygens (including phenoxy) is 3. The van der Waals surface area contributed by atoms with E-state index < -0.39 is 17.9 Å². The first-order valence-corrected chi connectivity index (χ1v) is 18.3. The van der Waals surface area contributed by atoms with E-state index in [4.69, 9.17) is 25.7 Å². The number of dihydropyridines is 1. The number of anilines is 2. The van der Waals surface area contributed by atoms with Gasteiger partial charge in [-0.25, -0.2) is 9.59 Å². The molecule has 0 spiro atoms. The number of esters is 2. The van der Waals surface area contributed by atoms with E-state index in [1.54, 1.807) is 33.8 Å². The molecule has 0 saturated carbocycles. The van der Waals surface area contributed by atoms with Crippen molar-refractivity contribution in [1.82, 2.24) is 5.32 Å². The zero-order valence-corrected chi connectivity index (χ0v) is 31.0. The molecule has 0 bridgehead atoms. The molecule has 0 radical (unpaired) electrons. The molecule has 0 atom stereocenters. The minimum absolute atomic E-state index is 0.210. The van der Waals surface area contributed by atoms with Gasteiger partial charge in [-0.05, 0) is 79.9 Å². The van der Waals surface area contributed by atoms with Crippen LogP contribution < -0.4 is 21.5 Å². The largest absolute Gasteiger partial charge is 0.489 e. The predicted molar refractivity (Wildman–Crippen MR) is 194 cm³/mol. The van der Waals surface area contributed by atoms with Crippen molar-refractivity contribution in [3.8, 4) is 5.75 Å². The second-order valence-electron chi connectivity index (χ2n) is 14.0. The molecule has 1 aliphatic heterocycles. The number of allylic oxidation sites excluding steroid dienone is 2. The third-order valence-corrected chi connectivity index (χ3v) is 8.55. The molecule has 1 heterocycles. The quantitative estimate of drug-likeness (QED) is 0.0679. The van der Waals surface area contributed by atoms with E-state index in [9.17, 15) is 9.59 Å². The molecule has 1 aliphatic rings. The molecular weight excluding hydrogens is 590 g/mol. The Labute approximate surface area is 285 Å². The number of carbonyl (C=O) groups excluding carboxylic acids is 2. The van der Waals surface area contributed by atoms with Crippen LogP contribution in [0.4, 0.5) is 11.4 Å². The van der Waals surface area contributed by atoms with Crippen molar-refractivity contribution >= 4 is 23.3 Å². The number of benzene rings is 1.